The van der Waals surface area contributed by atoms with Gasteiger partial charge in [0.2, 0.25) is 5.91 Å². The van der Waals surface area contributed by atoms with E-state index in [1.165, 1.54) is 38.5 Å². The maximum absolute atomic E-state index is 12.3. The highest BCUT2D eigenvalue weighted by Gasteiger charge is 2.60. The average Bonchev–Trinajstić information content (AvgIpc) is 3.27. The lowest BCUT2D eigenvalue weighted by molar-refractivity contribution is -0.156. The van der Waals surface area contributed by atoms with Crippen LogP contribution in [0.2, 0.25) is 0 Å². The van der Waals surface area contributed by atoms with Crippen molar-refractivity contribution in [3.63, 3.8) is 0 Å². The molecule has 4 fully saturated rings. The van der Waals surface area contributed by atoms with Gasteiger partial charge in [0.1, 0.15) is 5.82 Å². The lowest BCUT2D eigenvalue weighted by Crippen LogP contribution is -2.61. The summed E-state index contributed by atoms with van der Waals surface area (Å²) < 4.78 is 0. The van der Waals surface area contributed by atoms with E-state index in [2.05, 4.69) is 41.8 Å². The Bertz CT molecular complexity index is 769. The number of imidazole rings is 1. The minimum atomic E-state index is 0.320. The van der Waals surface area contributed by atoms with Gasteiger partial charge in [0.25, 0.3) is 0 Å². The molecule has 1 saturated heterocycles. The highest BCUT2D eigenvalue weighted by molar-refractivity contribution is 5.77. The summed E-state index contributed by atoms with van der Waals surface area (Å²) in [6.07, 6.45) is 15.6. The Morgan fingerprint density at radius 2 is 2.00 bits per heavy atom. The van der Waals surface area contributed by atoms with E-state index in [4.69, 9.17) is 0 Å². The standard InChI is InChI=1S/C23H33N3O/c1-22-10-8-18-16(5-7-19-23(18,2)11-9-21(27)26(19)3)17(22)6-4-15(22)14-20-24-12-13-25-20/h12-14,16-19H,4-11H2,1-3H3,(H,24,25)/b15-14+/t16-,17-,18-,19+,22+,23+/m0/s1. The zero-order valence-corrected chi connectivity index (χ0v) is 17.0. The second-order valence-corrected chi connectivity index (χ2v) is 10.1. The number of nitrogens with one attached hydrogen (secondary N) is 1. The number of likely N-dealkylation sites (tertiary alicyclic amines) is 1. The van der Waals surface area contributed by atoms with Crippen molar-refractivity contribution in [2.75, 3.05) is 7.05 Å². The fraction of sp³-hybridized carbons (Fsp3) is 0.739. The lowest BCUT2D eigenvalue weighted by atomic mass is 9.47. The van der Waals surface area contributed by atoms with Crippen LogP contribution in [0.15, 0.2) is 18.0 Å². The third kappa shape index (κ3) is 2.41. The Morgan fingerprint density at radius 1 is 1.15 bits per heavy atom. The van der Waals surface area contributed by atoms with Crippen LogP contribution in [0.3, 0.4) is 0 Å². The van der Waals surface area contributed by atoms with Gasteiger partial charge in [-0.1, -0.05) is 19.4 Å². The van der Waals surface area contributed by atoms with Crippen molar-refractivity contribution in [2.24, 2.45) is 28.6 Å². The van der Waals surface area contributed by atoms with E-state index in [1.54, 1.807) is 5.57 Å². The smallest absolute Gasteiger partial charge is 0.222 e. The molecule has 0 bridgehead atoms. The van der Waals surface area contributed by atoms with E-state index in [1.807, 2.05) is 12.4 Å². The molecule has 3 aliphatic carbocycles. The van der Waals surface area contributed by atoms with E-state index in [0.29, 0.717) is 22.8 Å². The summed E-state index contributed by atoms with van der Waals surface area (Å²) in [4.78, 5) is 22.1. The predicted octanol–water partition coefficient (Wildman–Crippen LogP) is 4.66. The fourth-order valence-electron chi connectivity index (χ4n) is 7.76. The molecular weight excluding hydrogens is 334 g/mol. The third-order valence-corrected chi connectivity index (χ3v) is 9.24. The van der Waals surface area contributed by atoms with Gasteiger partial charge in [-0.2, -0.15) is 0 Å². The number of aromatic amines is 1. The third-order valence-electron chi connectivity index (χ3n) is 9.24. The molecule has 5 rings (SSSR count). The number of carbonyl (C=O) groups excluding carboxylic acids is 1. The van der Waals surface area contributed by atoms with E-state index >= 15 is 0 Å². The Kier molecular flexibility index (Phi) is 3.86. The van der Waals surface area contributed by atoms with Crippen LogP contribution >= 0.6 is 0 Å². The van der Waals surface area contributed by atoms with Crippen LogP contribution in [-0.2, 0) is 4.79 Å². The first kappa shape index (κ1) is 17.5. The number of H-pyrrole nitrogens is 1. The number of carbonyl (C=O) groups is 1. The quantitative estimate of drug-likeness (QED) is 0.785. The van der Waals surface area contributed by atoms with Crippen LogP contribution in [0.25, 0.3) is 6.08 Å². The molecule has 0 radical (unpaired) electrons. The SMILES string of the molecule is CN1C(=O)CC[C@]2(C)[C@H]3CC[C@]4(C)/C(=C/c5ncc[nH]5)CC[C@H]4[C@@H]3CC[C@@H]12. The van der Waals surface area contributed by atoms with Crippen LogP contribution in [-0.4, -0.2) is 33.9 Å². The van der Waals surface area contributed by atoms with Gasteiger partial charge in [-0.05, 0) is 79.6 Å². The molecule has 2 heterocycles. The fourth-order valence-corrected chi connectivity index (χ4v) is 7.76. The molecule has 1 amide bonds. The molecule has 0 spiro atoms. The first-order valence-corrected chi connectivity index (χ1v) is 10.9. The summed E-state index contributed by atoms with van der Waals surface area (Å²) in [7, 11) is 2.05. The van der Waals surface area contributed by atoms with Gasteiger partial charge in [-0.15, -0.1) is 0 Å². The largest absolute Gasteiger partial charge is 0.345 e. The van der Waals surface area contributed by atoms with Gasteiger partial charge in [0, 0.05) is 31.9 Å². The van der Waals surface area contributed by atoms with Gasteiger partial charge in [0.15, 0.2) is 0 Å². The Balaban J connectivity index is 1.45. The molecular formula is C23H33N3O. The molecule has 0 aromatic carbocycles. The number of rotatable bonds is 1. The molecule has 4 nitrogen and oxygen atoms in total. The Hall–Kier alpha value is -1.58. The molecule has 27 heavy (non-hydrogen) atoms. The topological polar surface area (TPSA) is 49.0 Å². The molecule has 1 N–H and O–H groups in total. The molecule has 4 heteroatoms. The van der Waals surface area contributed by atoms with Crippen LogP contribution < -0.4 is 0 Å². The Labute approximate surface area is 162 Å². The molecule has 1 aliphatic heterocycles. The van der Waals surface area contributed by atoms with Crippen LogP contribution in [0.1, 0.15) is 71.0 Å². The van der Waals surface area contributed by atoms with Crippen molar-refractivity contribution in [3.8, 4) is 0 Å². The van der Waals surface area contributed by atoms with Gasteiger partial charge in [0.05, 0.1) is 0 Å². The summed E-state index contributed by atoms with van der Waals surface area (Å²) in [6.45, 7) is 5.04. The van der Waals surface area contributed by atoms with Crippen molar-refractivity contribution in [2.45, 2.75) is 71.3 Å². The monoisotopic (exact) mass is 367 g/mol. The van der Waals surface area contributed by atoms with Crippen LogP contribution in [0.5, 0.6) is 0 Å². The predicted molar refractivity (Wildman–Crippen MR) is 107 cm³/mol. The lowest BCUT2D eigenvalue weighted by Gasteiger charge is -2.61. The number of hydrogen-bond acceptors (Lipinski definition) is 2. The maximum atomic E-state index is 12.3. The summed E-state index contributed by atoms with van der Waals surface area (Å²) in [5, 5.41) is 0. The number of nitrogens with zero attached hydrogens (tertiary/aromatic N) is 2. The van der Waals surface area contributed by atoms with Gasteiger partial charge in [-0.3, -0.25) is 4.79 Å². The van der Waals surface area contributed by atoms with E-state index in [-0.39, 0.29) is 0 Å². The second kappa shape index (κ2) is 5.96. The number of allylic oxidation sites excluding steroid dienone is 1. The van der Waals surface area contributed by atoms with Gasteiger partial charge in [-0.25, -0.2) is 4.98 Å². The summed E-state index contributed by atoms with van der Waals surface area (Å²) in [5.41, 5.74) is 2.28. The van der Waals surface area contributed by atoms with Crippen LogP contribution in [0.4, 0.5) is 0 Å². The molecule has 0 unspecified atom stereocenters. The van der Waals surface area contributed by atoms with Crippen molar-refractivity contribution in [1.82, 2.24) is 14.9 Å². The normalized spacial score (nSPS) is 45.5. The molecule has 3 saturated carbocycles. The number of fused-ring (bicyclic) bond motifs is 5. The maximum Gasteiger partial charge on any atom is 0.222 e. The molecule has 1 aromatic heterocycles. The average molecular weight is 368 g/mol. The zero-order valence-electron chi connectivity index (χ0n) is 17.0. The summed E-state index contributed by atoms with van der Waals surface area (Å²) in [5.74, 6) is 3.79. The molecule has 1 aromatic rings. The highest BCUT2D eigenvalue weighted by Crippen LogP contribution is 2.66. The first-order valence-electron chi connectivity index (χ1n) is 10.9. The first-order chi connectivity index (χ1) is 12.9. The van der Waals surface area contributed by atoms with E-state index in [0.717, 1.165) is 36.4 Å². The zero-order chi connectivity index (χ0) is 18.8. The minimum Gasteiger partial charge on any atom is -0.345 e. The number of aromatic nitrogens is 2. The van der Waals surface area contributed by atoms with Crippen molar-refractivity contribution in [3.05, 3.63) is 23.8 Å². The number of amides is 1. The van der Waals surface area contributed by atoms with E-state index in [9.17, 15) is 4.79 Å². The highest BCUT2D eigenvalue weighted by atomic mass is 16.2. The van der Waals surface area contributed by atoms with Gasteiger partial charge >= 0.3 is 0 Å². The van der Waals surface area contributed by atoms with Gasteiger partial charge < -0.3 is 9.88 Å². The summed E-state index contributed by atoms with van der Waals surface area (Å²) in [6, 6.07) is 0.462. The minimum absolute atomic E-state index is 0.320. The Morgan fingerprint density at radius 3 is 2.78 bits per heavy atom. The van der Waals surface area contributed by atoms with Crippen molar-refractivity contribution >= 4 is 12.0 Å². The number of piperidine rings is 1. The van der Waals surface area contributed by atoms with E-state index < -0.39 is 0 Å². The molecule has 146 valence electrons. The van der Waals surface area contributed by atoms with Crippen LogP contribution in [0, 0.1) is 28.6 Å². The van der Waals surface area contributed by atoms with Crippen molar-refractivity contribution < 1.29 is 4.79 Å². The second-order valence-electron chi connectivity index (χ2n) is 10.1. The molecule has 6 atom stereocenters. The summed E-state index contributed by atoms with van der Waals surface area (Å²) >= 11 is 0. The number of hydrogen-bond donors (Lipinski definition) is 1. The molecule has 4 aliphatic rings. The van der Waals surface area contributed by atoms with Crippen molar-refractivity contribution in [1.29, 1.82) is 0 Å².